The fraction of sp³-hybridized carbons (Fsp3) is 0.381. The monoisotopic (exact) mass is 397 g/mol. The van der Waals surface area contributed by atoms with E-state index < -0.39 is 11.6 Å². The number of amides is 4. The van der Waals surface area contributed by atoms with Crippen molar-refractivity contribution >= 4 is 29.2 Å². The number of hydrogen-bond acceptors (Lipinski definition) is 4. The smallest absolute Gasteiger partial charge is 0.325 e. The van der Waals surface area contributed by atoms with E-state index in [0.29, 0.717) is 6.54 Å². The highest BCUT2D eigenvalue weighted by Gasteiger charge is 2.49. The molecule has 0 unspecified atom stereocenters. The zero-order valence-corrected chi connectivity index (χ0v) is 16.8. The highest BCUT2D eigenvalue weighted by molar-refractivity contribution is 7.07. The Hall–Kier alpha value is -2.67. The Morgan fingerprint density at radius 2 is 2.04 bits per heavy atom. The molecule has 2 aromatic rings. The van der Waals surface area contributed by atoms with E-state index in [1.54, 1.807) is 25.3 Å². The van der Waals surface area contributed by atoms with Crippen LogP contribution < -0.4 is 5.32 Å². The maximum Gasteiger partial charge on any atom is 0.325 e. The average molecular weight is 398 g/mol. The molecule has 0 radical (unpaired) electrons. The van der Waals surface area contributed by atoms with E-state index >= 15 is 0 Å². The molecule has 1 aliphatic heterocycles. The summed E-state index contributed by atoms with van der Waals surface area (Å²) in [5, 5.41) is 6.72. The van der Waals surface area contributed by atoms with Gasteiger partial charge in [-0.25, -0.2) is 4.79 Å². The predicted molar refractivity (Wildman–Crippen MR) is 107 cm³/mol. The van der Waals surface area contributed by atoms with Crippen molar-refractivity contribution in [3.8, 4) is 0 Å². The van der Waals surface area contributed by atoms with Crippen LogP contribution in [0.25, 0.3) is 0 Å². The first-order valence-corrected chi connectivity index (χ1v) is 10.3. The minimum atomic E-state index is -1.14. The number of benzene rings is 1. The highest BCUT2D eigenvalue weighted by Crippen LogP contribution is 2.32. The molecule has 1 aromatic heterocycles. The molecule has 1 N–H and O–H groups in total. The lowest BCUT2D eigenvalue weighted by atomic mass is 9.89. The minimum Gasteiger partial charge on any atom is -0.340 e. The van der Waals surface area contributed by atoms with E-state index in [4.69, 9.17) is 0 Å². The third-order valence-electron chi connectivity index (χ3n) is 5.67. The molecule has 28 heavy (non-hydrogen) atoms. The standard InChI is InChI=1S/C21H23N3O3S/c1-21(17-7-6-15-4-3-5-16(15)10-17)19(26)24(20(27)22-21)12-18(25)23(2)11-14-8-9-28-13-14/h6-10,13H,3-5,11-12H2,1-2H3,(H,22,27)/t21-/m1/s1. The molecule has 1 fully saturated rings. The number of imide groups is 1. The zero-order valence-electron chi connectivity index (χ0n) is 16.0. The molecule has 1 aliphatic carbocycles. The Morgan fingerprint density at radius 1 is 1.25 bits per heavy atom. The summed E-state index contributed by atoms with van der Waals surface area (Å²) < 4.78 is 0. The van der Waals surface area contributed by atoms with Gasteiger partial charge < -0.3 is 10.2 Å². The van der Waals surface area contributed by atoms with Crippen LogP contribution in [0.2, 0.25) is 0 Å². The second-order valence-corrected chi connectivity index (χ2v) is 8.44. The van der Waals surface area contributed by atoms with Gasteiger partial charge in [0, 0.05) is 13.6 Å². The molecule has 0 saturated carbocycles. The number of urea groups is 1. The number of rotatable bonds is 5. The number of carbonyl (C=O) groups excluding carboxylic acids is 3. The van der Waals surface area contributed by atoms with Gasteiger partial charge in [-0.15, -0.1) is 0 Å². The topological polar surface area (TPSA) is 69.7 Å². The predicted octanol–water partition coefficient (Wildman–Crippen LogP) is 2.66. The van der Waals surface area contributed by atoms with Gasteiger partial charge in [-0.2, -0.15) is 11.3 Å². The summed E-state index contributed by atoms with van der Waals surface area (Å²) in [4.78, 5) is 40.7. The van der Waals surface area contributed by atoms with Crippen molar-refractivity contribution < 1.29 is 14.4 Å². The fourth-order valence-electron chi connectivity index (χ4n) is 3.92. The van der Waals surface area contributed by atoms with E-state index in [1.165, 1.54) is 16.0 Å². The van der Waals surface area contributed by atoms with Gasteiger partial charge in [-0.3, -0.25) is 14.5 Å². The Balaban J connectivity index is 1.49. The summed E-state index contributed by atoms with van der Waals surface area (Å²) in [6.07, 6.45) is 3.17. The van der Waals surface area contributed by atoms with Crippen molar-refractivity contribution in [1.82, 2.24) is 15.1 Å². The van der Waals surface area contributed by atoms with Crippen molar-refractivity contribution in [3.63, 3.8) is 0 Å². The molecule has 1 atom stereocenters. The van der Waals surface area contributed by atoms with Gasteiger partial charge in [0.15, 0.2) is 0 Å². The van der Waals surface area contributed by atoms with Crippen molar-refractivity contribution in [3.05, 3.63) is 57.3 Å². The molecule has 7 heteroatoms. The summed E-state index contributed by atoms with van der Waals surface area (Å²) >= 11 is 1.57. The van der Waals surface area contributed by atoms with E-state index in [1.807, 2.05) is 35.0 Å². The van der Waals surface area contributed by atoms with Gasteiger partial charge in [0.25, 0.3) is 5.91 Å². The fourth-order valence-corrected chi connectivity index (χ4v) is 4.58. The molecule has 1 saturated heterocycles. The Kier molecular flexibility index (Phi) is 4.71. The van der Waals surface area contributed by atoms with Crippen molar-refractivity contribution in [2.45, 2.75) is 38.3 Å². The lowest BCUT2D eigenvalue weighted by Gasteiger charge is -2.24. The Labute approximate surface area is 168 Å². The van der Waals surface area contributed by atoms with E-state index in [0.717, 1.165) is 35.3 Å². The zero-order chi connectivity index (χ0) is 19.9. The quantitative estimate of drug-likeness (QED) is 0.789. The van der Waals surface area contributed by atoms with Crippen LogP contribution in [0, 0.1) is 0 Å². The van der Waals surface area contributed by atoms with Crippen molar-refractivity contribution in [1.29, 1.82) is 0 Å². The summed E-state index contributed by atoms with van der Waals surface area (Å²) in [7, 11) is 1.68. The van der Waals surface area contributed by atoms with Crippen LogP contribution in [-0.2, 0) is 34.5 Å². The molecule has 4 amide bonds. The molecule has 2 aliphatic rings. The third kappa shape index (κ3) is 3.20. The van der Waals surface area contributed by atoms with Crippen molar-refractivity contribution in [2.24, 2.45) is 0 Å². The number of aryl methyl sites for hydroxylation is 2. The highest BCUT2D eigenvalue weighted by atomic mass is 32.1. The first-order chi connectivity index (χ1) is 13.4. The lowest BCUT2D eigenvalue weighted by Crippen LogP contribution is -2.43. The largest absolute Gasteiger partial charge is 0.340 e. The number of likely N-dealkylation sites (N-methyl/N-ethyl adjacent to an activating group) is 1. The Morgan fingerprint density at radius 3 is 2.79 bits per heavy atom. The van der Waals surface area contributed by atoms with E-state index in [2.05, 4.69) is 5.32 Å². The second kappa shape index (κ2) is 7.05. The lowest BCUT2D eigenvalue weighted by molar-refractivity contribution is -0.138. The summed E-state index contributed by atoms with van der Waals surface area (Å²) in [5.74, 6) is -0.652. The van der Waals surface area contributed by atoms with Gasteiger partial charge in [0.2, 0.25) is 5.91 Å². The molecular weight excluding hydrogens is 374 g/mol. The van der Waals surface area contributed by atoms with Gasteiger partial charge in [0.05, 0.1) is 0 Å². The van der Waals surface area contributed by atoms with Gasteiger partial charge >= 0.3 is 6.03 Å². The van der Waals surface area contributed by atoms with Gasteiger partial charge in [-0.1, -0.05) is 18.2 Å². The van der Waals surface area contributed by atoms with E-state index in [-0.39, 0.29) is 18.4 Å². The first kappa shape index (κ1) is 18.7. The molecule has 4 rings (SSSR count). The number of hydrogen-bond donors (Lipinski definition) is 1. The molecular formula is C21H23N3O3S. The number of nitrogens with zero attached hydrogens (tertiary/aromatic N) is 2. The number of thiophene rings is 1. The molecule has 1 aromatic carbocycles. The minimum absolute atomic E-state index is 0.258. The van der Waals surface area contributed by atoms with Gasteiger partial charge in [-0.05, 0) is 65.3 Å². The van der Waals surface area contributed by atoms with Crippen molar-refractivity contribution in [2.75, 3.05) is 13.6 Å². The van der Waals surface area contributed by atoms with Crippen LogP contribution >= 0.6 is 11.3 Å². The average Bonchev–Trinajstić information content (AvgIpc) is 3.39. The normalized spacial score (nSPS) is 21.0. The molecule has 0 bridgehead atoms. The molecule has 0 spiro atoms. The Bertz CT molecular complexity index is 940. The summed E-state index contributed by atoms with van der Waals surface area (Å²) in [6.45, 7) is 1.91. The van der Waals surface area contributed by atoms with Crippen LogP contribution in [-0.4, -0.2) is 41.2 Å². The SMILES string of the molecule is CN(Cc1ccsc1)C(=O)CN1C(=O)N[C@](C)(c2ccc3c(c2)CCC3)C1=O. The van der Waals surface area contributed by atoms with Crippen LogP contribution in [0.15, 0.2) is 35.0 Å². The van der Waals surface area contributed by atoms with Crippen LogP contribution in [0.1, 0.15) is 35.6 Å². The van der Waals surface area contributed by atoms with E-state index in [9.17, 15) is 14.4 Å². The number of carbonyl (C=O) groups is 3. The molecule has 2 heterocycles. The van der Waals surface area contributed by atoms with Gasteiger partial charge in [0.1, 0.15) is 12.1 Å². The second-order valence-electron chi connectivity index (χ2n) is 7.66. The maximum atomic E-state index is 13.1. The number of nitrogens with one attached hydrogen (secondary N) is 1. The summed E-state index contributed by atoms with van der Waals surface area (Å²) in [5.41, 5.74) is 3.21. The summed E-state index contributed by atoms with van der Waals surface area (Å²) in [6, 6.07) is 7.41. The van der Waals surface area contributed by atoms with Crippen LogP contribution in [0.3, 0.4) is 0 Å². The first-order valence-electron chi connectivity index (χ1n) is 9.40. The van der Waals surface area contributed by atoms with Crippen LogP contribution in [0.4, 0.5) is 4.79 Å². The maximum absolute atomic E-state index is 13.1. The molecule has 146 valence electrons. The molecule has 6 nitrogen and oxygen atoms in total. The van der Waals surface area contributed by atoms with Crippen LogP contribution in [0.5, 0.6) is 0 Å². The third-order valence-corrected chi connectivity index (χ3v) is 6.40. The number of fused-ring (bicyclic) bond motifs is 1.